The van der Waals surface area contributed by atoms with Crippen LogP contribution < -0.4 is 10.1 Å². The Bertz CT molecular complexity index is 575. The second-order valence-corrected chi connectivity index (χ2v) is 4.81. The summed E-state index contributed by atoms with van der Waals surface area (Å²) in [5, 5.41) is 4.30. The molecule has 2 aromatic rings. The molecule has 1 aromatic heterocycles. The van der Waals surface area contributed by atoms with Crippen molar-refractivity contribution in [2.75, 3.05) is 14.2 Å². The first kappa shape index (κ1) is 14.1. The molecule has 19 heavy (non-hydrogen) atoms. The van der Waals surface area contributed by atoms with Gasteiger partial charge in [0.05, 0.1) is 23.2 Å². The van der Waals surface area contributed by atoms with Crippen molar-refractivity contribution in [3.05, 3.63) is 57.7 Å². The minimum absolute atomic E-state index is 0.0570. The summed E-state index contributed by atoms with van der Waals surface area (Å²) in [4.78, 5) is 4.21. The monoisotopic (exact) mass is 296 g/mol. The number of ether oxygens (including phenoxy) is 1. The summed E-state index contributed by atoms with van der Waals surface area (Å²) in [7, 11) is 3.48. The average Bonchev–Trinajstić information content (AvgIpc) is 2.44. The van der Waals surface area contributed by atoms with Gasteiger partial charge in [-0.15, -0.1) is 0 Å². The zero-order valence-corrected chi connectivity index (χ0v) is 12.2. The molecular weight excluding hydrogens is 283 g/mol. The van der Waals surface area contributed by atoms with E-state index in [9.17, 15) is 0 Å². The predicted octanol–water partition coefficient (Wildman–Crippen LogP) is 3.71. The highest BCUT2D eigenvalue weighted by Gasteiger charge is 2.17. The third kappa shape index (κ3) is 3.00. The molecule has 1 heterocycles. The quantitative estimate of drug-likeness (QED) is 0.934. The molecule has 0 aliphatic carbocycles. The van der Waals surface area contributed by atoms with Crippen molar-refractivity contribution in [1.82, 2.24) is 10.3 Å². The Labute approximate surface area is 122 Å². The number of hydrogen-bond acceptors (Lipinski definition) is 3. The van der Waals surface area contributed by atoms with E-state index >= 15 is 0 Å². The highest BCUT2D eigenvalue weighted by atomic mass is 35.5. The highest BCUT2D eigenvalue weighted by molar-refractivity contribution is 6.42. The van der Waals surface area contributed by atoms with Crippen LogP contribution in [0.5, 0.6) is 5.88 Å². The van der Waals surface area contributed by atoms with E-state index < -0.39 is 0 Å². The molecule has 0 saturated carbocycles. The van der Waals surface area contributed by atoms with Gasteiger partial charge < -0.3 is 10.1 Å². The molecule has 3 nitrogen and oxygen atoms in total. The van der Waals surface area contributed by atoms with E-state index in [1.807, 2.05) is 31.3 Å². The van der Waals surface area contributed by atoms with Crippen molar-refractivity contribution in [2.24, 2.45) is 0 Å². The van der Waals surface area contributed by atoms with Gasteiger partial charge in [0.2, 0.25) is 5.88 Å². The van der Waals surface area contributed by atoms with Crippen molar-refractivity contribution in [2.45, 2.75) is 6.04 Å². The number of pyridine rings is 1. The number of benzene rings is 1. The van der Waals surface area contributed by atoms with Gasteiger partial charge in [0.25, 0.3) is 0 Å². The van der Waals surface area contributed by atoms with Crippen LogP contribution in [0, 0.1) is 0 Å². The summed E-state index contributed by atoms with van der Waals surface area (Å²) in [5.41, 5.74) is 1.95. The van der Waals surface area contributed by atoms with Gasteiger partial charge in [-0.2, -0.15) is 0 Å². The standard InChI is InChI=1S/C14H14Cl2N2O/c1-17-13(9-5-6-11(15)12(16)8-9)10-4-3-7-18-14(10)19-2/h3-8,13,17H,1-2H3. The summed E-state index contributed by atoms with van der Waals surface area (Å²) in [5.74, 6) is 0.591. The van der Waals surface area contributed by atoms with Crippen LogP contribution in [0.2, 0.25) is 10.0 Å². The highest BCUT2D eigenvalue weighted by Crippen LogP contribution is 2.31. The van der Waals surface area contributed by atoms with Crippen LogP contribution in [0.3, 0.4) is 0 Å². The molecule has 0 radical (unpaired) electrons. The molecule has 0 aliphatic heterocycles. The first-order chi connectivity index (χ1) is 9.17. The predicted molar refractivity (Wildman–Crippen MR) is 78.2 cm³/mol. The molecule has 2 rings (SSSR count). The molecular formula is C14H14Cl2N2O. The number of rotatable bonds is 4. The van der Waals surface area contributed by atoms with Crippen molar-refractivity contribution < 1.29 is 4.74 Å². The molecule has 1 N–H and O–H groups in total. The third-order valence-electron chi connectivity index (χ3n) is 2.87. The molecule has 1 aromatic carbocycles. The number of hydrogen-bond donors (Lipinski definition) is 1. The lowest BCUT2D eigenvalue weighted by Crippen LogP contribution is -2.18. The zero-order valence-electron chi connectivity index (χ0n) is 10.7. The van der Waals surface area contributed by atoms with Crippen LogP contribution in [-0.2, 0) is 0 Å². The lowest BCUT2D eigenvalue weighted by atomic mass is 10.00. The maximum absolute atomic E-state index is 6.07. The molecule has 0 aliphatic rings. The molecule has 0 saturated heterocycles. The SMILES string of the molecule is CNC(c1ccc(Cl)c(Cl)c1)c1cccnc1OC. The van der Waals surface area contributed by atoms with E-state index in [0.717, 1.165) is 11.1 Å². The summed E-state index contributed by atoms with van der Waals surface area (Å²) < 4.78 is 5.29. The average molecular weight is 297 g/mol. The Hall–Kier alpha value is -1.29. The fourth-order valence-electron chi connectivity index (χ4n) is 1.99. The second kappa shape index (κ2) is 6.24. The number of methoxy groups -OCH3 is 1. The van der Waals surface area contributed by atoms with Crippen LogP contribution in [0.1, 0.15) is 17.2 Å². The van der Waals surface area contributed by atoms with Crippen molar-refractivity contribution in [1.29, 1.82) is 0 Å². The van der Waals surface area contributed by atoms with Gasteiger partial charge in [0.15, 0.2) is 0 Å². The Morgan fingerprint density at radius 3 is 2.63 bits per heavy atom. The van der Waals surface area contributed by atoms with Gasteiger partial charge >= 0.3 is 0 Å². The van der Waals surface area contributed by atoms with Gasteiger partial charge in [-0.1, -0.05) is 35.3 Å². The van der Waals surface area contributed by atoms with Crippen LogP contribution in [0.25, 0.3) is 0 Å². The molecule has 0 bridgehead atoms. The minimum atomic E-state index is -0.0570. The second-order valence-electron chi connectivity index (χ2n) is 4.00. The molecule has 5 heteroatoms. The topological polar surface area (TPSA) is 34.2 Å². The largest absolute Gasteiger partial charge is 0.481 e. The Balaban J connectivity index is 2.46. The van der Waals surface area contributed by atoms with Gasteiger partial charge in [-0.25, -0.2) is 4.98 Å². The lowest BCUT2D eigenvalue weighted by Gasteiger charge is -2.19. The van der Waals surface area contributed by atoms with E-state index in [1.54, 1.807) is 19.4 Å². The van der Waals surface area contributed by atoms with E-state index in [2.05, 4.69) is 10.3 Å². The van der Waals surface area contributed by atoms with Crippen molar-refractivity contribution in [3.8, 4) is 5.88 Å². The normalized spacial score (nSPS) is 12.2. The fourth-order valence-corrected chi connectivity index (χ4v) is 2.29. The summed E-state index contributed by atoms with van der Waals surface area (Å²) in [6.45, 7) is 0. The minimum Gasteiger partial charge on any atom is -0.481 e. The Morgan fingerprint density at radius 1 is 1.21 bits per heavy atom. The van der Waals surface area contributed by atoms with E-state index in [4.69, 9.17) is 27.9 Å². The number of halogens is 2. The molecule has 1 unspecified atom stereocenters. The smallest absolute Gasteiger partial charge is 0.218 e. The van der Waals surface area contributed by atoms with Gasteiger partial charge in [-0.3, -0.25) is 0 Å². The van der Waals surface area contributed by atoms with Crippen LogP contribution in [-0.4, -0.2) is 19.1 Å². The van der Waals surface area contributed by atoms with Gasteiger partial charge in [0, 0.05) is 11.8 Å². The van der Waals surface area contributed by atoms with Crippen LogP contribution in [0.4, 0.5) is 0 Å². The molecule has 0 amide bonds. The fraction of sp³-hybridized carbons (Fsp3) is 0.214. The molecule has 1 atom stereocenters. The molecule has 0 fully saturated rings. The Morgan fingerprint density at radius 2 is 2.00 bits per heavy atom. The van der Waals surface area contributed by atoms with Crippen molar-refractivity contribution in [3.63, 3.8) is 0 Å². The maximum Gasteiger partial charge on any atom is 0.218 e. The van der Waals surface area contributed by atoms with E-state index in [-0.39, 0.29) is 6.04 Å². The number of nitrogens with one attached hydrogen (secondary N) is 1. The maximum atomic E-state index is 6.07. The van der Waals surface area contributed by atoms with E-state index in [0.29, 0.717) is 15.9 Å². The molecule has 0 spiro atoms. The van der Waals surface area contributed by atoms with Crippen LogP contribution in [0.15, 0.2) is 36.5 Å². The lowest BCUT2D eigenvalue weighted by molar-refractivity contribution is 0.388. The summed E-state index contributed by atoms with van der Waals surface area (Å²) >= 11 is 12.0. The summed E-state index contributed by atoms with van der Waals surface area (Å²) in [6, 6.07) is 9.35. The van der Waals surface area contributed by atoms with Gasteiger partial charge in [-0.05, 0) is 30.8 Å². The summed E-state index contributed by atoms with van der Waals surface area (Å²) in [6.07, 6.45) is 1.70. The zero-order chi connectivity index (χ0) is 13.8. The molecule has 100 valence electrons. The van der Waals surface area contributed by atoms with Crippen molar-refractivity contribution >= 4 is 23.2 Å². The van der Waals surface area contributed by atoms with E-state index in [1.165, 1.54) is 0 Å². The number of aromatic nitrogens is 1. The third-order valence-corrected chi connectivity index (χ3v) is 3.61. The first-order valence-corrected chi connectivity index (χ1v) is 6.54. The Kier molecular flexibility index (Phi) is 4.64. The first-order valence-electron chi connectivity index (χ1n) is 5.78. The van der Waals surface area contributed by atoms with Gasteiger partial charge in [0.1, 0.15) is 0 Å². The van der Waals surface area contributed by atoms with Crippen LogP contribution >= 0.6 is 23.2 Å². The number of nitrogens with zero attached hydrogens (tertiary/aromatic N) is 1.